The highest BCUT2D eigenvalue weighted by molar-refractivity contribution is 7.00. The maximum Gasteiger partial charge on any atom is 0.252 e. The molecule has 1 aliphatic carbocycles. The molecule has 76 heavy (non-hydrogen) atoms. The van der Waals surface area contributed by atoms with Crippen molar-refractivity contribution in [1.82, 2.24) is 9.13 Å². The van der Waals surface area contributed by atoms with E-state index >= 15 is 0 Å². The standard InChI is InChI=1S/C72H42BN3/c1-3-15-43(16-4-1)48-31-34-61-58(38-48)68-53-23-10-9-21-50(53)40-60-72(68)76(61)66-42-52(75-63-28-14-27-57-55-25-12-11-24-54(55)56-26-13-22-46-30-36-64(75)70(67(46)56)69(57)63)41-65-71(66)73(60)59-39-49(44-17-5-2-6-18-44)32-35-62(59)74(65)51-33-29-45-19-7-8-20-47(45)37-51/h1-42H. The van der Waals surface area contributed by atoms with Crippen molar-refractivity contribution in [2.45, 2.75) is 0 Å². The lowest BCUT2D eigenvalue weighted by atomic mass is 9.33. The van der Waals surface area contributed by atoms with E-state index in [1.54, 1.807) is 0 Å². The number of benzene rings is 13. The average Bonchev–Trinajstić information content (AvgIpc) is 4.11. The summed E-state index contributed by atoms with van der Waals surface area (Å²) in [4.78, 5) is 2.59. The van der Waals surface area contributed by atoms with Crippen LogP contribution in [0.4, 0.5) is 17.1 Å². The highest BCUT2D eigenvalue weighted by Crippen LogP contribution is 2.51. The third kappa shape index (κ3) is 5.32. The molecule has 0 saturated heterocycles. The molecule has 0 atom stereocenters. The van der Waals surface area contributed by atoms with Gasteiger partial charge in [-0.2, -0.15) is 0 Å². The first-order valence-corrected chi connectivity index (χ1v) is 26.5. The first-order chi connectivity index (χ1) is 37.7. The topological polar surface area (TPSA) is 13.1 Å². The van der Waals surface area contributed by atoms with Crippen LogP contribution in [0.15, 0.2) is 255 Å². The Kier molecular flexibility index (Phi) is 7.94. The summed E-state index contributed by atoms with van der Waals surface area (Å²) in [5, 5.41) is 12.7. The van der Waals surface area contributed by atoms with Gasteiger partial charge in [-0.05, 0) is 148 Å². The molecule has 4 heteroatoms. The minimum Gasteiger partial charge on any atom is -0.311 e. The first-order valence-electron chi connectivity index (χ1n) is 26.5. The fourth-order valence-electron chi connectivity index (χ4n) is 14.2. The maximum atomic E-state index is 2.65. The van der Waals surface area contributed by atoms with Crippen LogP contribution in [0, 0.1) is 0 Å². The van der Waals surface area contributed by atoms with Gasteiger partial charge in [0.05, 0.1) is 27.8 Å². The number of rotatable bonds is 4. The first kappa shape index (κ1) is 40.6. The Hall–Kier alpha value is -9.90. The van der Waals surface area contributed by atoms with E-state index in [0.29, 0.717) is 0 Å². The second kappa shape index (κ2) is 14.9. The van der Waals surface area contributed by atoms with Crippen LogP contribution in [-0.2, 0) is 0 Å². The molecule has 0 saturated carbocycles. The van der Waals surface area contributed by atoms with Crippen LogP contribution >= 0.6 is 0 Å². The summed E-state index contributed by atoms with van der Waals surface area (Å²) < 4.78 is 5.24. The van der Waals surface area contributed by atoms with E-state index in [4.69, 9.17) is 0 Å². The number of hydrogen-bond acceptors (Lipinski definition) is 1. The lowest BCUT2D eigenvalue weighted by Crippen LogP contribution is -2.60. The predicted octanol–water partition coefficient (Wildman–Crippen LogP) is 16.9. The van der Waals surface area contributed by atoms with Gasteiger partial charge in [-0.1, -0.05) is 200 Å². The summed E-state index contributed by atoms with van der Waals surface area (Å²) in [6, 6.07) is 96.2. The van der Waals surface area contributed by atoms with E-state index in [2.05, 4.69) is 269 Å². The van der Waals surface area contributed by atoms with Crippen molar-refractivity contribution < 1.29 is 0 Å². The lowest BCUT2D eigenvalue weighted by molar-refractivity contribution is 1.13. The van der Waals surface area contributed by atoms with Gasteiger partial charge < -0.3 is 14.0 Å². The van der Waals surface area contributed by atoms with Gasteiger partial charge in [0.1, 0.15) is 0 Å². The highest BCUT2D eigenvalue weighted by Gasteiger charge is 2.43. The van der Waals surface area contributed by atoms with Crippen molar-refractivity contribution in [2.75, 3.05) is 4.90 Å². The molecule has 3 nitrogen and oxygen atoms in total. The van der Waals surface area contributed by atoms with Crippen molar-refractivity contribution in [3.05, 3.63) is 255 Å². The van der Waals surface area contributed by atoms with Crippen LogP contribution in [0.3, 0.4) is 0 Å². The molecule has 0 unspecified atom stereocenters. The molecular formula is C72H42BN3. The molecule has 18 rings (SSSR count). The molecule has 13 aromatic carbocycles. The van der Waals surface area contributed by atoms with Crippen LogP contribution in [0.1, 0.15) is 0 Å². The van der Waals surface area contributed by atoms with E-state index in [-0.39, 0.29) is 6.71 Å². The van der Waals surface area contributed by atoms with Gasteiger partial charge in [0.2, 0.25) is 0 Å². The molecule has 0 amide bonds. The molecule has 0 N–H and O–H groups in total. The zero-order chi connectivity index (χ0) is 49.3. The molecule has 2 aromatic heterocycles. The second-order valence-corrected chi connectivity index (χ2v) is 21.1. The molecule has 3 aliphatic rings. The summed E-state index contributed by atoms with van der Waals surface area (Å²) in [5.74, 6) is 0. The Morgan fingerprint density at radius 3 is 1.71 bits per heavy atom. The number of aromatic nitrogens is 2. The third-order valence-electron chi connectivity index (χ3n) is 17.3. The van der Waals surface area contributed by atoms with E-state index in [1.165, 1.54) is 154 Å². The van der Waals surface area contributed by atoms with E-state index < -0.39 is 0 Å². The van der Waals surface area contributed by atoms with Gasteiger partial charge in [0.15, 0.2) is 0 Å². The van der Waals surface area contributed by atoms with Crippen LogP contribution in [-0.4, -0.2) is 15.8 Å². The normalized spacial score (nSPS) is 12.9. The van der Waals surface area contributed by atoms with Crippen molar-refractivity contribution in [2.24, 2.45) is 0 Å². The van der Waals surface area contributed by atoms with E-state index in [9.17, 15) is 0 Å². The predicted molar refractivity (Wildman–Crippen MR) is 322 cm³/mol. The number of fused-ring (bicyclic) bond motifs is 13. The maximum absolute atomic E-state index is 2.65. The Bertz CT molecular complexity index is 5060. The van der Waals surface area contributed by atoms with Gasteiger partial charge in [0, 0.05) is 44.3 Å². The van der Waals surface area contributed by atoms with E-state index in [1.807, 2.05) is 0 Å². The van der Waals surface area contributed by atoms with Gasteiger partial charge in [-0.15, -0.1) is 0 Å². The Morgan fingerprint density at radius 1 is 0.276 bits per heavy atom. The summed E-state index contributed by atoms with van der Waals surface area (Å²) >= 11 is 0. The Labute approximate surface area is 438 Å². The summed E-state index contributed by atoms with van der Waals surface area (Å²) in [5.41, 5.74) is 24.7. The lowest BCUT2D eigenvalue weighted by Gasteiger charge is -2.41. The molecule has 15 aromatic rings. The number of nitrogens with zero attached hydrogens (tertiary/aromatic N) is 3. The Balaban J connectivity index is 1.03. The minimum atomic E-state index is -0.0784. The monoisotopic (exact) mass is 959 g/mol. The second-order valence-electron chi connectivity index (χ2n) is 21.1. The Morgan fingerprint density at radius 2 is 0.895 bits per heavy atom. The van der Waals surface area contributed by atoms with Gasteiger partial charge in [-0.25, -0.2) is 0 Å². The van der Waals surface area contributed by atoms with Crippen LogP contribution < -0.4 is 21.3 Å². The minimum absolute atomic E-state index is 0.0784. The smallest absolute Gasteiger partial charge is 0.252 e. The highest BCUT2D eigenvalue weighted by atomic mass is 15.2. The largest absolute Gasteiger partial charge is 0.311 e. The average molecular weight is 960 g/mol. The zero-order valence-electron chi connectivity index (χ0n) is 41.2. The number of hydrogen-bond donors (Lipinski definition) is 0. The van der Waals surface area contributed by atoms with Crippen LogP contribution in [0.25, 0.3) is 132 Å². The van der Waals surface area contributed by atoms with Crippen molar-refractivity contribution in [3.8, 4) is 55.9 Å². The van der Waals surface area contributed by atoms with Crippen molar-refractivity contribution >= 4 is 116 Å². The summed E-state index contributed by atoms with van der Waals surface area (Å²) in [6.45, 7) is -0.0784. The molecule has 0 spiro atoms. The van der Waals surface area contributed by atoms with Gasteiger partial charge in [0.25, 0.3) is 6.71 Å². The number of anilines is 3. The molecule has 0 radical (unpaired) electrons. The van der Waals surface area contributed by atoms with Crippen molar-refractivity contribution in [3.63, 3.8) is 0 Å². The third-order valence-corrected chi connectivity index (χ3v) is 17.3. The summed E-state index contributed by atoms with van der Waals surface area (Å²) in [6.07, 6.45) is 0. The fraction of sp³-hybridized carbons (Fsp3) is 0. The molecule has 348 valence electrons. The van der Waals surface area contributed by atoms with Crippen LogP contribution in [0.2, 0.25) is 0 Å². The molecular weight excluding hydrogens is 918 g/mol. The van der Waals surface area contributed by atoms with Gasteiger partial charge in [-0.3, -0.25) is 0 Å². The van der Waals surface area contributed by atoms with Crippen molar-refractivity contribution in [1.29, 1.82) is 0 Å². The molecule has 2 aliphatic heterocycles. The SMILES string of the molecule is c1ccc(-c2ccc3c(c2)B2c4c(cc(-n5c6cccc7c6c6c8c(cccc8ccc65)-c5ccccc5-7)cc4-n4c5ccc(-c6ccccc6)cc5c5c6ccccc6cc2c54)N3c2ccc3ccccc3c2)cc1. The molecule has 0 fully saturated rings. The zero-order valence-corrected chi connectivity index (χ0v) is 41.2. The quantitative estimate of drug-likeness (QED) is 0.160. The summed E-state index contributed by atoms with van der Waals surface area (Å²) in [7, 11) is 0. The fourth-order valence-corrected chi connectivity index (χ4v) is 14.2. The molecule has 4 heterocycles. The van der Waals surface area contributed by atoms with Gasteiger partial charge >= 0.3 is 0 Å². The molecule has 0 bridgehead atoms. The van der Waals surface area contributed by atoms with Crippen LogP contribution in [0.5, 0.6) is 0 Å². The van der Waals surface area contributed by atoms with E-state index in [0.717, 1.165) is 11.4 Å².